The fraction of sp³-hybridized carbons (Fsp3) is 0.310. The van der Waals surface area contributed by atoms with Crippen LogP contribution in [0.1, 0.15) is 72.2 Å². The number of methoxy groups -OCH3 is 1. The fourth-order valence-corrected chi connectivity index (χ4v) is 6.78. The number of fused-ring (bicyclic) bond motifs is 3. The second-order valence-corrected chi connectivity index (χ2v) is 14.4. The maximum atomic E-state index is 11.6. The molecule has 2 fully saturated rings. The number of allylic oxidation sites excluding steroid dienone is 4. The van der Waals surface area contributed by atoms with E-state index in [1.165, 1.54) is 11.8 Å². The number of anilines is 1. The number of aliphatic imine (C=N–C) groups is 1. The van der Waals surface area contributed by atoms with Crippen molar-refractivity contribution in [1.29, 1.82) is 0 Å². The largest absolute Gasteiger partial charge is 0.379 e. The highest BCUT2D eigenvalue weighted by atomic mass is 32.2. The van der Waals surface area contributed by atoms with Crippen LogP contribution in [0.15, 0.2) is 102 Å². The maximum absolute atomic E-state index is 11.6. The van der Waals surface area contributed by atoms with Crippen molar-refractivity contribution >= 4 is 46.3 Å². The van der Waals surface area contributed by atoms with Crippen molar-refractivity contribution in [1.82, 2.24) is 25.2 Å². The van der Waals surface area contributed by atoms with Crippen LogP contribution < -0.4 is 16.0 Å². The summed E-state index contributed by atoms with van der Waals surface area (Å²) in [6.45, 7) is 16.1. The lowest BCUT2D eigenvalue weighted by molar-refractivity contribution is -0.117. The quantitative estimate of drug-likeness (QED) is 0.155. The molecule has 3 N–H and O–H groups in total. The van der Waals surface area contributed by atoms with Gasteiger partial charge in [-0.2, -0.15) is 0 Å². The third kappa shape index (κ3) is 8.53. The number of carbonyl (C=O) groups excluding carboxylic acids is 2. The van der Waals surface area contributed by atoms with E-state index in [2.05, 4.69) is 61.3 Å². The molecule has 0 radical (unpaired) electrons. The summed E-state index contributed by atoms with van der Waals surface area (Å²) in [5.74, 6) is 1.79. The second-order valence-electron chi connectivity index (χ2n) is 13.4. The van der Waals surface area contributed by atoms with Crippen LogP contribution in [0, 0.1) is 0 Å². The molecule has 10 nitrogen and oxygen atoms in total. The fourth-order valence-electron chi connectivity index (χ4n) is 6.09. The van der Waals surface area contributed by atoms with E-state index >= 15 is 0 Å². The molecule has 2 aromatic heterocycles. The van der Waals surface area contributed by atoms with Crippen molar-refractivity contribution in [3.8, 4) is 28.2 Å². The number of nitrogens with zero attached hydrogens (tertiary/aromatic N) is 4. The van der Waals surface area contributed by atoms with Crippen molar-refractivity contribution in [3.63, 3.8) is 0 Å². The molecule has 1 saturated heterocycles. The number of imidazole rings is 1. The van der Waals surface area contributed by atoms with Crippen LogP contribution in [-0.2, 0) is 19.9 Å². The minimum Gasteiger partial charge on any atom is -0.379 e. The molecule has 4 heterocycles. The Morgan fingerprint density at radius 1 is 1.04 bits per heavy atom. The summed E-state index contributed by atoms with van der Waals surface area (Å²) in [4.78, 5) is 37.7. The van der Waals surface area contributed by atoms with Crippen LogP contribution in [0.3, 0.4) is 0 Å². The molecule has 2 aliphatic heterocycles. The minimum atomic E-state index is -0.313. The van der Waals surface area contributed by atoms with E-state index < -0.39 is 0 Å². The van der Waals surface area contributed by atoms with Crippen molar-refractivity contribution in [2.75, 3.05) is 18.2 Å². The number of amides is 2. The zero-order chi connectivity index (χ0) is 38.2. The maximum Gasteiger partial charge on any atom is 0.236 e. The second kappa shape index (κ2) is 17.0. The number of amidine groups is 1. The number of hydrogen-bond donors (Lipinski definition) is 3. The van der Waals surface area contributed by atoms with Crippen LogP contribution in [0.2, 0.25) is 0 Å². The molecule has 0 spiro atoms. The zero-order valence-electron chi connectivity index (χ0n) is 31.6. The molecule has 4 aromatic rings. The summed E-state index contributed by atoms with van der Waals surface area (Å²) >= 11 is 1.40. The average Bonchev–Trinajstić information content (AvgIpc) is 3.72. The molecule has 0 atom stereocenters. The van der Waals surface area contributed by atoms with Crippen molar-refractivity contribution < 1.29 is 14.3 Å². The van der Waals surface area contributed by atoms with E-state index in [0.29, 0.717) is 16.7 Å². The summed E-state index contributed by atoms with van der Waals surface area (Å²) in [6.07, 6.45) is 11.3. The Balaban J connectivity index is 0.000000618. The highest BCUT2D eigenvalue weighted by Gasteiger charge is 2.38. The highest BCUT2D eigenvalue weighted by molar-refractivity contribution is 8.15. The van der Waals surface area contributed by atoms with E-state index in [1.807, 2.05) is 90.1 Å². The molecule has 1 saturated carbocycles. The standard InChI is InChI=1S/C35H31N7O2S.C5H12O.C2H6/c1-3-7-26-27(4-2)39-32-28(8-5-19-36-32)42-31(23-9-13-24(14-10-23)35(37-21-43)17-6-18-35)30(41-33(26)42)22-11-15-25(16-12-22)38-34-40-29(44)20-45-34;1-5(2,3)6-4;1-2/h3-5,7-16,19,21H,2,6,17-18,20H2,1H3,(H,36,39)(H,37,43)(H,38,40,44);1-4H3;1-2H3/b7-3-;;. The summed E-state index contributed by atoms with van der Waals surface area (Å²) < 4.78 is 7.10. The molecule has 276 valence electrons. The van der Waals surface area contributed by atoms with Crippen molar-refractivity contribution in [2.24, 2.45) is 4.99 Å². The third-order valence-corrected chi connectivity index (χ3v) is 9.92. The van der Waals surface area contributed by atoms with E-state index in [-0.39, 0.29) is 17.0 Å². The molecule has 3 aliphatic rings. The predicted molar refractivity (Wildman–Crippen MR) is 218 cm³/mol. The Bertz CT molecular complexity index is 2030. The van der Waals surface area contributed by atoms with E-state index in [4.69, 9.17) is 9.72 Å². The van der Waals surface area contributed by atoms with Gasteiger partial charge in [0.05, 0.1) is 45.4 Å². The van der Waals surface area contributed by atoms with Crippen LogP contribution in [0.4, 0.5) is 11.5 Å². The van der Waals surface area contributed by atoms with E-state index in [9.17, 15) is 9.59 Å². The summed E-state index contributed by atoms with van der Waals surface area (Å²) in [6, 6.07) is 20.3. The molecular weight excluding hydrogens is 683 g/mol. The Hall–Kier alpha value is -5.26. The number of hydrogen-bond acceptors (Lipinski definition) is 8. The first-order chi connectivity index (χ1) is 25.6. The van der Waals surface area contributed by atoms with Crippen LogP contribution >= 0.6 is 11.8 Å². The van der Waals surface area contributed by atoms with Crippen LogP contribution in [-0.4, -0.2) is 50.5 Å². The molecule has 11 heteroatoms. The number of carbonyl (C=O) groups is 2. The molecule has 7 rings (SSSR count). The summed E-state index contributed by atoms with van der Waals surface area (Å²) in [7, 11) is 1.71. The lowest BCUT2D eigenvalue weighted by Crippen LogP contribution is -2.47. The van der Waals surface area contributed by atoms with Crippen molar-refractivity contribution in [3.05, 3.63) is 109 Å². The van der Waals surface area contributed by atoms with Gasteiger partial charge in [0.15, 0.2) is 11.0 Å². The van der Waals surface area contributed by atoms with E-state index in [1.54, 1.807) is 19.4 Å². The minimum absolute atomic E-state index is 0.0381. The molecule has 53 heavy (non-hydrogen) atoms. The number of ether oxygens (including phenoxy) is 1. The van der Waals surface area contributed by atoms with Gasteiger partial charge in [-0.05, 0) is 82.9 Å². The normalized spacial score (nSPS) is 16.4. The summed E-state index contributed by atoms with van der Waals surface area (Å²) in [5, 5.41) is 9.93. The lowest BCUT2D eigenvalue weighted by atomic mass is 9.72. The van der Waals surface area contributed by atoms with Gasteiger partial charge in [0.25, 0.3) is 0 Å². The van der Waals surface area contributed by atoms with Gasteiger partial charge >= 0.3 is 0 Å². The van der Waals surface area contributed by atoms with Gasteiger partial charge in [-0.15, -0.1) is 0 Å². The number of benzene rings is 2. The number of pyridine rings is 1. The SMILES string of the molecule is C=CC1=C(/C=C\C)c2nc(-c3ccc(N=C4NC(=O)CS4)cc3)c(-c3ccc(C4(NC=O)CCC4)cc3)n2-c2cccnc2N1.CC.COC(C)(C)C. The summed E-state index contributed by atoms with van der Waals surface area (Å²) in [5.41, 5.74) is 7.70. The monoisotopic (exact) mass is 731 g/mol. The molecular formula is C42H49N7O3S. The molecule has 2 aromatic carbocycles. The van der Waals surface area contributed by atoms with Crippen molar-refractivity contribution in [2.45, 2.75) is 71.9 Å². The van der Waals surface area contributed by atoms with E-state index in [0.717, 1.165) is 82.2 Å². The Labute approximate surface area is 317 Å². The van der Waals surface area contributed by atoms with Gasteiger partial charge in [0.2, 0.25) is 12.3 Å². The molecule has 1 aliphatic carbocycles. The number of aromatic nitrogens is 3. The van der Waals surface area contributed by atoms with Crippen LogP contribution in [0.5, 0.6) is 0 Å². The van der Waals surface area contributed by atoms with Crippen LogP contribution in [0.25, 0.3) is 33.8 Å². The Kier molecular flexibility index (Phi) is 12.5. The topological polar surface area (TPSA) is 123 Å². The van der Waals surface area contributed by atoms with Gasteiger partial charge in [-0.3, -0.25) is 14.2 Å². The Morgan fingerprint density at radius 3 is 2.26 bits per heavy atom. The molecule has 0 bridgehead atoms. The average molecular weight is 732 g/mol. The highest BCUT2D eigenvalue weighted by Crippen LogP contribution is 2.44. The van der Waals surface area contributed by atoms with Gasteiger partial charge in [0.1, 0.15) is 5.82 Å². The van der Waals surface area contributed by atoms with Gasteiger partial charge < -0.3 is 20.7 Å². The number of thioether (sulfide) groups is 1. The number of nitrogens with one attached hydrogen (secondary N) is 3. The lowest BCUT2D eigenvalue weighted by Gasteiger charge is -2.42. The third-order valence-electron chi connectivity index (χ3n) is 9.05. The first-order valence-electron chi connectivity index (χ1n) is 17.9. The van der Waals surface area contributed by atoms with Gasteiger partial charge in [-0.1, -0.05) is 80.7 Å². The molecule has 2 amide bonds. The predicted octanol–water partition coefficient (Wildman–Crippen LogP) is 8.93. The molecule has 0 unspecified atom stereocenters. The van der Waals surface area contributed by atoms with Gasteiger partial charge in [-0.25, -0.2) is 15.0 Å². The first-order valence-corrected chi connectivity index (χ1v) is 18.9. The Morgan fingerprint density at radius 2 is 1.72 bits per heavy atom. The van der Waals surface area contributed by atoms with Gasteiger partial charge in [0, 0.05) is 30.0 Å². The number of rotatable bonds is 8. The smallest absolute Gasteiger partial charge is 0.236 e. The first kappa shape index (κ1) is 39.0. The zero-order valence-corrected chi connectivity index (χ0v) is 32.4.